The van der Waals surface area contributed by atoms with E-state index >= 15 is 0 Å². The van der Waals surface area contributed by atoms with Gasteiger partial charge in [0.05, 0.1) is 4.90 Å². The molecule has 0 unspecified atom stereocenters. The third-order valence-electron chi connectivity index (χ3n) is 5.51. The highest BCUT2D eigenvalue weighted by molar-refractivity contribution is 7.89. The number of carbonyl (C=O) groups is 1. The highest BCUT2D eigenvalue weighted by Gasteiger charge is 2.31. The number of hydrogen-bond acceptors (Lipinski definition) is 3. The molecule has 0 spiro atoms. The van der Waals surface area contributed by atoms with E-state index in [0.29, 0.717) is 12.1 Å². The molecular formula is C19H28N2O3S. The van der Waals surface area contributed by atoms with Crippen molar-refractivity contribution in [3.8, 4) is 0 Å². The van der Waals surface area contributed by atoms with E-state index in [1.807, 2.05) is 11.8 Å². The SMILES string of the molecule is C[C@@H]1CCCCN1C(=O)c1ccc(S(=O)(=O)N2CCCC[C@H]2C)cc1. The van der Waals surface area contributed by atoms with Gasteiger partial charge in [-0.3, -0.25) is 4.79 Å². The molecule has 0 bridgehead atoms. The molecule has 2 heterocycles. The second-order valence-electron chi connectivity index (χ2n) is 7.33. The van der Waals surface area contributed by atoms with Crippen LogP contribution in [0.3, 0.4) is 0 Å². The van der Waals surface area contributed by atoms with Crippen LogP contribution in [-0.4, -0.2) is 48.7 Å². The fraction of sp³-hybridized carbons (Fsp3) is 0.632. The molecule has 25 heavy (non-hydrogen) atoms. The van der Waals surface area contributed by atoms with E-state index in [-0.39, 0.29) is 22.9 Å². The summed E-state index contributed by atoms with van der Waals surface area (Å²) in [5, 5.41) is 0. The van der Waals surface area contributed by atoms with E-state index in [1.54, 1.807) is 28.6 Å². The second kappa shape index (κ2) is 7.46. The zero-order valence-electron chi connectivity index (χ0n) is 15.1. The molecule has 1 aromatic carbocycles. The van der Waals surface area contributed by atoms with Crippen molar-refractivity contribution < 1.29 is 13.2 Å². The first-order chi connectivity index (χ1) is 11.9. The zero-order valence-corrected chi connectivity index (χ0v) is 16.0. The number of rotatable bonds is 3. The third-order valence-corrected chi connectivity index (χ3v) is 7.54. The van der Waals surface area contributed by atoms with Crippen LogP contribution in [0.1, 0.15) is 62.7 Å². The lowest BCUT2D eigenvalue weighted by Crippen LogP contribution is -2.42. The first-order valence-corrected chi connectivity index (χ1v) is 10.8. The van der Waals surface area contributed by atoms with Crippen molar-refractivity contribution in [1.82, 2.24) is 9.21 Å². The van der Waals surface area contributed by atoms with E-state index in [0.717, 1.165) is 45.1 Å². The molecule has 2 fully saturated rings. The number of benzene rings is 1. The molecule has 2 aliphatic rings. The Labute approximate surface area is 151 Å². The normalized spacial score (nSPS) is 25.8. The highest BCUT2D eigenvalue weighted by Crippen LogP contribution is 2.26. The van der Waals surface area contributed by atoms with Crippen molar-refractivity contribution in [2.75, 3.05) is 13.1 Å². The molecule has 5 nitrogen and oxygen atoms in total. The molecule has 0 radical (unpaired) electrons. The van der Waals surface area contributed by atoms with E-state index < -0.39 is 10.0 Å². The molecule has 0 aromatic heterocycles. The van der Waals surface area contributed by atoms with Crippen molar-refractivity contribution in [2.45, 2.75) is 69.4 Å². The van der Waals surface area contributed by atoms with Gasteiger partial charge in [-0.25, -0.2) is 8.42 Å². The minimum atomic E-state index is -3.48. The van der Waals surface area contributed by atoms with Crippen LogP contribution in [0.2, 0.25) is 0 Å². The average Bonchev–Trinajstić information content (AvgIpc) is 2.62. The average molecular weight is 365 g/mol. The van der Waals surface area contributed by atoms with Gasteiger partial charge < -0.3 is 4.90 Å². The maximum atomic E-state index is 12.9. The molecule has 3 rings (SSSR count). The minimum Gasteiger partial charge on any atom is -0.336 e. The Morgan fingerprint density at radius 2 is 1.52 bits per heavy atom. The van der Waals surface area contributed by atoms with Crippen molar-refractivity contribution in [1.29, 1.82) is 0 Å². The van der Waals surface area contributed by atoms with Crippen LogP contribution < -0.4 is 0 Å². The summed E-state index contributed by atoms with van der Waals surface area (Å²) in [6.45, 7) is 5.40. The van der Waals surface area contributed by atoms with Crippen molar-refractivity contribution in [3.63, 3.8) is 0 Å². The van der Waals surface area contributed by atoms with Crippen LogP contribution in [0.5, 0.6) is 0 Å². The highest BCUT2D eigenvalue weighted by atomic mass is 32.2. The second-order valence-corrected chi connectivity index (χ2v) is 9.22. The molecule has 1 amide bonds. The number of hydrogen-bond donors (Lipinski definition) is 0. The summed E-state index contributed by atoms with van der Waals surface area (Å²) < 4.78 is 27.3. The van der Waals surface area contributed by atoms with Gasteiger partial charge in [0.15, 0.2) is 0 Å². The van der Waals surface area contributed by atoms with Crippen molar-refractivity contribution in [2.24, 2.45) is 0 Å². The summed E-state index contributed by atoms with van der Waals surface area (Å²) >= 11 is 0. The van der Waals surface area contributed by atoms with Gasteiger partial charge in [0.25, 0.3) is 5.91 Å². The standard InChI is InChI=1S/C19H28N2O3S/c1-15-7-3-5-13-20(15)19(22)17-9-11-18(12-10-17)25(23,24)21-14-6-4-8-16(21)2/h9-12,15-16H,3-8,13-14H2,1-2H3/t15-,16-/m1/s1. The van der Waals surface area contributed by atoms with Crippen LogP contribution in [0.25, 0.3) is 0 Å². The van der Waals surface area contributed by atoms with Gasteiger partial charge in [-0.05, 0) is 70.2 Å². The Bertz CT molecular complexity index is 715. The fourth-order valence-corrected chi connectivity index (χ4v) is 5.60. The molecule has 2 atom stereocenters. The first-order valence-electron chi connectivity index (χ1n) is 9.34. The summed E-state index contributed by atoms with van der Waals surface area (Å²) in [4.78, 5) is 14.9. The topological polar surface area (TPSA) is 57.7 Å². The van der Waals surface area contributed by atoms with E-state index in [4.69, 9.17) is 0 Å². The largest absolute Gasteiger partial charge is 0.336 e. The van der Waals surface area contributed by atoms with Crippen molar-refractivity contribution in [3.05, 3.63) is 29.8 Å². The van der Waals surface area contributed by atoms with Gasteiger partial charge in [0, 0.05) is 30.7 Å². The van der Waals surface area contributed by atoms with Gasteiger partial charge in [0.2, 0.25) is 10.0 Å². The maximum Gasteiger partial charge on any atom is 0.254 e. The van der Waals surface area contributed by atoms with Crippen LogP contribution in [0.4, 0.5) is 0 Å². The Morgan fingerprint density at radius 3 is 2.12 bits per heavy atom. The van der Waals surface area contributed by atoms with Crippen LogP contribution in [0, 0.1) is 0 Å². The Morgan fingerprint density at radius 1 is 0.920 bits per heavy atom. The predicted molar refractivity (Wildman–Crippen MR) is 98.0 cm³/mol. The number of nitrogens with zero attached hydrogens (tertiary/aromatic N) is 2. The summed E-state index contributed by atoms with van der Waals surface area (Å²) in [6, 6.07) is 6.76. The first kappa shape index (κ1) is 18.4. The lowest BCUT2D eigenvalue weighted by molar-refractivity contribution is 0.0635. The lowest BCUT2D eigenvalue weighted by Gasteiger charge is -2.33. The Kier molecular flexibility index (Phi) is 5.49. The summed E-state index contributed by atoms with van der Waals surface area (Å²) in [5.41, 5.74) is 0.569. The third kappa shape index (κ3) is 3.75. The Hall–Kier alpha value is -1.40. The molecule has 1 aromatic rings. The Balaban J connectivity index is 1.78. The zero-order chi connectivity index (χ0) is 18.0. The summed E-state index contributed by atoms with van der Waals surface area (Å²) in [7, 11) is -3.48. The lowest BCUT2D eigenvalue weighted by atomic mass is 10.0. The predicted octanol–water partition coefficient (Wildman–Crippen LogP) is 3.26. The molecule has 0 saturated carbocycles. The molecule has 138 valence electrons. The van der Waals surface area contributed by atoms with Gasteiger partial charge >= 0.3 is 0 Å². The molecular weight excluding hydrogens is 336 g/mol. The summed E-state index contributed by atoms with van der Waals surface area (Å²) in [5.74, 6) is 0.00230. The quantitative estimate of drug-likeness (QED) is 0.827. The number of likely N-dealkylation sites (tertiary alicyclic amines) is 1. The van der Waals surface area contributed by atoms with Gasteiger partial charge in [-0.15, -0.1) is 0 Å². The maximum absolute atomic E-state index is 12.9. The smallest absolute Gasteiger partial charge is 0.254 e. The van der Waals surface area contributed by atoms with Crippen molar-refractivity contribution >= 4 is 15.9 Å². The number of carbonyl (C=O) groups excluding carboxylic acids is 1. The van der Waals surface area contributed by atoms with Crippen LogP contribution in [0.15, 0.2) is 29.2 Å². The molecule has 2 saturated heterocycles. The van der Waals surface area contributed by atoms with Gasteiger partial charge in [0.1, 0.15) is 0 Å². The molecule has 2 aliphatic heterocycles. The minimum absolute atomic E-state index is 0.00230. The molecule has 0 aliphatic carbocycles. The van der Waals surface area contributed by atoms with Gasteiger partial charge in [-0.1, -0.05) is 6.42 Å². The number of amides is 1. The molecule has 0 N–H and O–H groups in total. The fourth-order valence-electron chi connectivity index (χ4n) is 3.90. The monoisotopic (exact) mass is 364 g/mol. The number of piperidine rings is 2. The number of sulfonamides is 1. The van der Waals surface area contributed by atoms with Crippen LogP contribution in [-0.2, 0) is 10.0 Å². The molecule has 6 heteroatoms. The van der Waals surface area contributed by atoms with Gasteiger partial charge in [-0.2, -0.15) is 4.31 Å². The van der Waals surface area contributed by atoms with Crippen LogP contribution >= 0.6 is 0 Å². The van der Waals surface area contributed by atoms with E-state index in [9.17, 15) is 13.2 Å². The van der Waals surface area contributed by atoms with E-state index in [2.05, 4.69) is 6.92 Å². The summed E-state index contributed by atoms with van der Waals surface area (Å²) in [6.07, 6.45) is 6.13. The van der Waals surface area contributed by atoms with E-state index in [1.165, 1.54) is 0 Å².